The molecule has 7 rings (SSSR count). The number of aliphatic hydroxyl groups excluding tert-OH is 2. The van der Waals surface area contributed by atoms with Gasteiger partial charge in [0.15, 0.2) is 40.6 Å². The van der Waals surface area contributed by atoms with Crippen LogP contribution in [0.25, 0.3) is 0 Å². The van der Waals surface area contributed by atoms with Gasteiger partial charge >= 0.3 is 0 Å². The van der Waals surface area contributed by atoms with Gasteiger partial charge in [-0.3, -0.25) is 9.59 Å². The highest BCUT2D eigenvalue weighted by atomic mass is 19.1. The summed E-state index contributed by atoms with van der Waals surface area (Å²) in [5, 5.41) is 36.1. The lowest BCUT2D eigenvalue weighted by molar-refractivity contribution is -0.235. The zero-order chi connectivity index (χ0) is 34.4. The number of carbonyl (C=O) groups excluding carboxylic acids is 2. The second-order valence-electron chi connectivity index (χ2n) is 14.6. The number of anilines is 1. The molecule has 1 heterocycles. The summed E-state index contributed by atoms with van der Waals surface area (Å²) in [7, 11) is 0. The van der Waals surface area contributed by atoms with E-state index >= 15 is 8.78 Å². The Bertz CT molecular complexity index is 1710. The maximum Gasteiger partial charge on any atom is 0.193 e. The topological polar surface area (TPSA) is 135 Å². The summed E-state index contributed by atoms with van der Waals surface area (Å²) in [5.41, 5.74) is -5.63. The molecule has 2 aromatic carbocycles. The predicted octanol–water partition coefficient (Wildman–Crippen LogP) is 5.65. The zero-order valence-corrected chi connectivity index (χ0v) is 27.3. The number of phenols is 1. The number of alkyl halides is 2. The highest BCUT2D eigenvalue weighted by molar-refractivity contribution is 6.01. The first-order valence-corrected chi connectivity index (χ1v) is 16.5. The van der Waals surface area contributed by atoms with Crippen LogP contribution in [-0.2, 0) is 19.1 Å². The largest absolute Gasteiger partial charge is 0.504 e. The van der Waals surface area contributed by atoms with Gasteiger partial charge < -0.3 is 34.8 Å². The van der Waals surface area contributed by atoms with E-state index in [0.29, 0.717) is 11.3 Å². The minimum absolute atomic E-state index is 0.00990. The second kappa shape index (κ2) is 11.2. The highest BCUT2D eigenvalue weighted by Crippen LogP contribution is 2.72. The van der Waals surface area contributed by atoms with Crippen molar-refractivity contribution in [1.82, 2.24) is 0 Å². The number of allylic oxidation sites excluding steroid dienone is 4. The van der Waals surface area contributed by atoms with Gasteiger partial charge in [-0.25, -0.2) is 8.78 Å². The van der Waals surface area contributed by atoms with E-state index in [2.05, 4.69) is 5.32 Å². The third-order valence-electron chi connectivity index (χ3n) is 11.7. The van der Waals surface area contributed by atoms with Gasteiger partial charge in [0.05, 0.1) is 12.2 Å². The first-order valence-electron chi connectivity index (χ1n) is 16.5. The van der Waals surface area contributed by atoms with Crippen LogP contribution in [0.5, 0.6) is 17.2 Å². The highest BCUT2D eigenvalue weighted by Gasteiger charge is 2.80. The number of carbonyl (C=O) groups is 2. The fourth-order valence-electron chi connectivity index (χ4n) is 9.56. The number of hydrogen-bond donors (Lipinski definition) is 4. The van der Waals surface area contributed by atoms with Gasteiger partial charge in [0.1, 0.15) is 18.5 Å². The minimum atomic E-state index is -2.34. The van der Waals surface area contributed by atoms with Crippen molar-refractivity contribution in [1.29, 1.82) is 0 Å². The van der Waals surface area contributed by atoms with E-state index in [1.54, 1.807) is 31.2 Å². The van der Waals surface area contributed by atoms with Crippen LogP contribution in [0.1, 0.15) is 58.8 Å². The van der Waals surface area contributed by atoms with Crippen molar-refractivity contribution in [3.8, 4) is 17.2 Å². The van der Waals surface area contributed by atoms with Gasteiger partial charge in [0.2, 0.25) is 0 Å². The molecule has 0 spiro atoms. The zero-order valence-electron chi connectivity index (χ0n) is 27.3. The number of benzene rings is 2. The predicted molar refractivity (Wildman–Crippen MR) is 171 cm³/mol. The smallest absolute Gasteiger partial charge is 0.193 e. The molecule has 4 aliphatic carbocycles. The molecular weight excluding hydrogens is 624 g/mol. The summed E-state index contributed by atoms with van der Waals surface area (Å²) in [5.74, 6) is -2.33. The van der Waals surface area contributed by atoms with Crippen LogP contribution in [0.2, 0.25) is 0 Å². The molecule has 48 heavy (non-hydrogen) atoms. The van der Waals surface area contributed by atoms with Crippen LogP contribution in [-0.4, -0.2) is 69.2 Å². The van der Waals surface area contributed by atoms with E-state index in [1.165, 1.54) is 25.1 Å². The molecule has 0 bridgehead atoms. The number of ether oxygens (including phenoxy) is 3. The number of Topliss-reactive ketones (excluding diaryl/α,β-unsaturated/α-hetero) is 1. The number of nitrogens with one attached hydrogen (secondary N) is 1. The van der Waals surface area contributed by atoms with Gasteiger partial charge in [0, 0.05) is 34.0 Å². The molecule has 1 aliphatic heterocycles. The van der Waals surface area contributed by atoms with Crippen LogP contribution in [0.4, 0.5) is 14.5 Å². The number of halogens is 2. The lowest BCUT2D eigenvalue weighted by atomic mass is 9.44. The van der Waals surface area contributed by atoms with Crippen molar-refractivity contribution < 1.29 is 47.9 Å². The standard InChI is InChI=1S/C37H41F2NO8/c1-19(2)40-21-6-8-23(9-7-21)46-29-10-5-20(13-28(29)43)33-47-32-16-24-25-15-27(38)26-14-22(42)11-12-34(26,3)36(25,39)30(44)17-35(24,4)37(32,48-33)31(45)18-41/h5-14,19,24-25,27,30,32-33,40-41,43-44H,15-18H2,1-4H3/t24-,25-,27-,30-,32+,33+,34-,35-,36-,37+/m0/s1. The molecule has 0 radical (unpaired) electrons. The second-order valence-corrected chi connectivity index (χ2v) is 14.6. The lowest BCUT2D eigenvalue weighted by Gasteiger charge is -2.63. The number of fused-ring (bicyclic) bond motifs is 7. The third kappa shape index (κ3) is 4.47. The summed E-state index contributed by atoms with van der Waals surface area (Å²) in [6, 6.07) is 12.1. The monoisotopic (exact) mass is 665 g/mol. The maximum atomic E-state index is 17.6. The van der Waals surface area contributed by atoms with E-state index in [0.717, 1.165) is 11.8 Å². The Hall–Kier alpha value is -3.64. The van der Waals surface area contributed by atoms with E-state index in [4.69, 9.17) is 14.2 Å². The van der Waals surface area contributed by atoms with Crippen molar-refractivity contribution in [3.05, 3.63) is 71.8 Å². The Morgan fingerprint density at radius 2 is 1.85 bits per heavy atom. The Morgan fingerprint density at radius 3 is 2.52 bits per heavy atom. The summed E-state index contributed by atoms with van der Waals surface area (Å²) in [6.07, 6.45) is -2.07. The average molecular weight is 666 g/mol. The fourth-order valence-corrected chi connectivity index (χ4v) is 9.56. The van der Waals surface area contributed by atoms with Crippen LogP contribution < -0.4 is 10.1 Å². The van der Waals surface area contributed by atoms with E-state index < -0.39 is 76.8 Å². The van der Waals surface area contributed by atoms with Crippen LogP contribution in [0.3, 0.4) is 0 Å². The molecule has 0 aromatic heterocycles. The molecule has 11 heteroatoms. The number of hydrogen-bond acceptors (Lipinski definition) is 9. The molecule has 5 aliphatic rings. The quantitative estimate of drug-likeness (QED) is 0.296. The number of rotatable bonds is 7. The molecule has 10 atom stereocenters. The Morgan fingerprint density at radius 1 is 1.12 bits per heavy atom. The molecule has 0 unspecified atom stereocenters. The third-order valence-corrected chi connectivity index (χ3v) is 11.7. The molecule has 4 fully saturated rings. The van der Waals surface area contributed by atoms with Crippen molar-refractivity contribution in [2.24, 2.45) is 22.7 Å². The normalized spacial score (nSPS) is 39.7. The minimum Gasteiger partial charge on any atom is -0.504 e. The first-order chi connectivity index (χ1) is 22.7. The molecular formula is C37H41F2NO8. The Balaban J connectivity index is 1.18. The van der Waals surface area contributed by atoms with E-state index in [9.17, 15) is 24.9 Å². The number of ketones is 2. The molecule has 1 saturated heterocycles. The molecule has 2 aromatic rings. The molecule has 9 nitrogen and oxygen atoms in total. The summed E-state index contributed by atoms with van der Waals surface area (Å²) < 4.78 is 52.2. The van der Waals surface area contributed by atoms with Crippen LogP contribution in [0, 0.1) is 22.7 Å². The lowest BCUT2D eigenvalue weighted by Crippen LogP contribution is -2.70. The van der Waals surface area contributed by atoms with Gasteiger partial charge in [-0.1, -0.05) is 13.0 Å². The van der Waals surface area contributed by atoms with Gasteiger partial charge in [-0.05, 0) is 106 Å². The summed E-state index contributed by atoms with van der Waals surface area (Å²) in [4.78, 5) is 25.9. The van der Waals surface area contributed by atoms with E-state index in [-0.39, 0.29) is 42.4 Å². The SMILES string of the molecule is CC(C)Nc1ccc(Oc2ccc([C@@H]3O[C@@H]4C[C@H]5[C@@H]6C[C@H](F)C7=CC(=O)C=C[C@]7(C)[C@@]6(F)[C@@H](O)C[C@]5(C)[C@]4(C(=O)CO)O3)cc2O)cc1. The van der Waals surface area contributed by atoms with Crippen LogP contribution in [0.15, 0.2) is 66.3 Å². The Kier molecular flexibility index (Phi) is 7.67. The summed E-state index contributed by atoms with van der Waals surface area (Å²) in [6.45, 7) is 6.41. The molecule has 4 N–H and O–H groups in total. The maximum absolute atomic E-state index is 17.6. The van der Waals surface area contributed by atoms with Gasteiger partial charge in [-0.2, -0.15) is 0 Å². The number of phenolic OH excluding ortho intramolecular Hbond substituents is 1. The Labute approximate surface area is 277 Å². The van der Waals surface area contributed by atoms with Gasteiger partial charge in [0.25, 0.3) is 0 Å². The fraction of sp³-hybridized carbons (Fsp3) is 0.514. The first kappa shape index (κ1) is 32.9. The molecule has 256 valence electrons. The number of aliphatic hydroxyl groups is 2. The van der Waals surface area contributed by atoms with Crippen molar-refractivity contribution in [3.63, 3.8) is 0 Å². The number of aromatic hydroxyl groups is 1. The molecule has 3 saturated carbocycles. The van der Waals surface area contributed by atoms with Crippen LogP contribution >= 0.6 is 0 Å². The van der Waals surface area contributed by atoms with Crippen molar-refractivity contribution >= 4 is 17.3 Å². The van der Waals surface area contributed by atoms with Gasteiger partial charge in [-0.15, -0.1) is 0 Å². The summed E-state index contributed by atoms with van der Waals surface area (Å²) >= 11 is 0. The van der Waals surface area contributed by atoms with E-state index in [1.807, 2.05) is 26.0 Å². The van der Waals surface area contributed by atoms with Crippen molar-refractivity contribution in [2.45, 2.75) is 88.9 Å². The average Bonchev–Trinajstić information content (AvgIpc) is 3.54. The van der Waals surface area contributed by atoms with Crippen molar-refractivity contribution in [2.75, 3.05) is 11.9 Å². The molecule has 0 amide bonds.